The molecule has 0 aromatic heterocycles. The van der Waals surface area contributed by atoms with Crippen molar-refractivity contribution < 1.29 is 9.90 Å². The van der Waals surface area contributed by atoms with Crippen LogP contribution in [-0.2, 0) is 8.03 Å². The summed E-state index contributed by atoms with van der Waals surface area (Å²) in [6.45, 7) is 0. The summed E-state index contributed by atoms with van der Waals surface area (Å²) in [6.07, 6.45) is 0. The van der Waals surface area contributed by atoms with Crippen LogP contribution in [0.2, 0.25) is 0 Å². The van der Waals surface area contributed by atoms with Gasteiger partial charge in [-0.15, -0.1) is 0 Å². The van der Waals surface area contributed by atoms with Crippen LogP contribution in [-0.4, -0.2) is 15.5 Å². The zero-order valence-corrected chi connectivity index (χ0v) is 12.2. The largest absolute Gasteiger partial charge is 0.479 e. The van der Waals surface area contributed by atoms with Crippen molar-refractivity contribution in [1.29, 1.82) is 0 Å². The van der Waals surface area contributed by atoms with Gasteiger partial charge < -0.3 is 10.8 Å². The third kappa shape index (κ3) is 2.43. The fourth-order valence-corrected chi connectivity index (χ4v) is 2.09. The molecule has 0 spiro atoms. The number of aliphatic carboxylic acids is 1. The molecule has 0 aliphatic carbocycles. The third-order valence-corrected chi connectivity index (χ3v) is 6.07. The van der Waals surface area contributed by atoms with Gasteiger partial charge in [-0.2, -0.15) is 0 Å². The number of benzene rings is 1. The molecule has 1 rings (SSSR count). The molecule has 82 valence electrons. The van der Waals surface area contributed by atoms with Gasteiger partial charge in [0.05, 0.1) is 0 Å². The van der Waals surface area contributed by atoms with E-state index in [2.05, 4.69) is 47.8 Å². The Balaban J connectivity index is 3.19. The van der Waals surface area contributed by atoms with Crippen LogP contribution in [0.1, 0.15) is 5.56 Å². The number of alkyl halides is 3. The average molecular weight is 402 g/mol. The molecule has 0 aliphatic heterocycles. The van der Waals surface area contributed by atoms with Crippen LogP contribution >= 0.6 is 47.8 Å². The van der Waals surface area contributed by atoms with Crippen molar-refractivity contribution in [2.45, 2.75) is 7.68 Å². The molecule has 1 aromatic rings. The minimum atomic E-state index is -1.64. The molecule has 0 bridgehead atoms. The van der Waals surface area contributed by atoms with Crippen LogP contribution < -0.4 is 5.73 Å². The molecule has 0 heterocycles. The van der Waals surface area contributed by atoms with E-state index in [-0.39, 0.29) is 0 Å². The van der Waals surface area contributed by atoms with Gasteiger partial charge in [-0.3, -0.25) is 0 Å². The van der Waals surface area contributed by atoms with E-state index in [0.717, 1.165) is 0 Å². The highest BCUT2D eigenvalue weighted by Gasteiger charge is 2.51. The van der Waals surface area contributed by atoms with Gasteiger partial charge in [0.2, 0.25) is 0 Å². The van der Waals surface area contributed by atoms with Crippen molar-refractivity contribution in [2.75, 3.05) is 0 Å². The van der Waals surface area contributed by atoms with Crippen molar-refractivity contribution in [1.82, 2.24) is 0 Å². The summed E-state index contributed by atoms with van der Waals surface area (Å²) >= 11 is 9.54. The first kappa shape index (κ1) is 13.2. The molecule has 3 N–H and O–H groups in total. The van der Waals surface area contributed by atoms with E-state index < -0.39 is 13.7 Å². The Labute approximate surface area is 112 Å². The van der Waals surface area contributed by atoms with E-state index in [1.807, 2.05) is 6.07 Å². The Morgan fingerprint density at radius 3 is 2.07 bits per heavy atom. The molecule has 1 atom stereocenters. The summed E-state index contributed by atoms with van der Waals surface area (Å²) in [5.41, 5.74) is 6.41. The topological polar surface area (TPSA) is 63.3 Å². The highest BCUT2D eigenvalue weighted by Crippen LogP contribution is 2.49. The molecule has 0 radical (unpaired) electrons. The van der Waals surface area contributed by atoms with Crippen LogP contribution in [0.15, 0.2) is 30.3 Å². The van der Waals surface area contributed by atoms with Crippen LogP contribution in [0.3, 0.4) is 0 Å². The number of rotatable bonds is 3. The predicted octanol–water partition coefficient (Wildman–Crippen LogP) is 2.76. The highest BCUT2D eigenvalue weighted by atomic mass is 79.9. The minimum absolute atomic E-state index is 0.715. The lowest BCUT2D eigenvalue weighted by Gasteiger charge is -2.32. The normalized spacial score (nSPS) is 15.7. The lowest BCUT2D eigenvalue weighted by molar-refractivity contribution is -0.139. The number of hydrogen-bond donors (Lipinski definition) is 2. The second-order valence-electron chi connectivity index (χ2n) is 2.96. The fraction of sp³-hybridized carbons (Fsp3) is 0.222. The van der Waals surface area contributed by atoms with Crippen molar-refractivity contribution >= 4 is 53.8 Å². The molecular formula is C9H8Br3NO2. The number of carboxylic acids is 1. The van der Waals surface area contributed by atoms with Gasteiger partial charge in [0.1, 0.15) is 3.23 Å². The first-order valence-corrected chi connectivity index (χ1v) is 6.32. The fourth-order valence-electron chi connectivity index (χ4n) is 0.992. The van der Waals surface area contributed by atoms with E-state index in [4.69, 9.17) is 10.8 Å². The third-order valence-electron chi connectivity index (χ3n) is 1.90. The average Bonchev–Trinajstić information content (AvgIpc) is 2.18. The summed E-state index contributed by atoms with van der Waals surface area (Å²) in [4.78, 5) is 11.0. The van der Waals surface area contributed by atoms with Crippen molar-refractivity contribution in [3.8, 4) is 0 Å². The van der Waals surface area contributed by atoms with Gasteiger partial charge in [0.25, 0.3) is 0 Å². The van der Waals surface area contributed by atoms with Crippen molar-refractivity contribution in [3.05, 3.63) is 35.9 Å². The minimum Gasteiger partial charge on any atom is -0.479 e. The lowest BCUT2D eigenvalue weighted by atomic mass is 10.1. The first-order chi connectivity index (χ1) is 6.80. The molecule has 0 unspecified atom stereocenters. The first-order valence-electron chi connectivity index (χ1n) is 3.94. The molecule has 0 amide bonds. The summed E-state index contributed by atoms with van der Waals surface area (Å²) in [5, 5.41) is 9.01. The molecule has 0 fully saturated rings. The Hall–Kier alpha value is 0.0900. The van der Waals surface area contributed by atoms with Crippen LogP contribution in [0.5, 0.6) is 0 Å². The molecule has 0 saturated carbocycles. The van der Waals surface area contributed by atoms with E-state index in [0.29, 0.717) is 5.56 Å². The van der Waals surface area contributed by atoms with E-state index in [1.165, 1.54) is 0 Å². The number of hydrogen-bond acceptors (Lipinski definition) is 2. The monoisotopic (exact) mass is 399 g/mol. The Kier molecular flexibility index (Phi) is 3.97. The molecular weight excluding hydrogens is 394 g/mol. The molecule has 3 nitrogen and oxygen atoms in total. The number of carbonyl (C=O) groups is 1. The maximum Gasteiger partial charge on any atom is 0.337 e. The van der Waals surface area contributed by atoms with Gasteiger partial charge in [-0.05, 0) is 5.56 Å². The summed E-state index contributed by atoms with van der Waals surface area (Å²) < 4.78 is -2.71. The van der Waals surface area contributed by atoms with Crippen molar-refractivity contribution in [2.24, 2.45) is 5.73 Å². The maximum atomic E-state index is 11.0. The van der Waals surface area contributed by atoms with Gasteiger partial charge in [-0.25, -0.2) is 4.79 Å². The Morgan fingerprint density at radius 2 is 1.67 bits per heavy atom. The summed E-state index contributed by atoms with van der Waals surface area (Å²) in [7, 11) is 0. The molecule has 6 heteroatoms. The number of nitrogens with two attached hydrogens (primary N) is 1. The van der Waals surface area contributed by atoms with Crippen molar-refractivity contribution in [3.63, 3.8) is 0 Å². The van der Waals surface area contributed by atoms with E-state index in [9.17, 15) is 4.79 Å². The quantitative estimate of drug-likeness (QED) is 0.604. The van der Waals surface area contributed by atoms with Gasteiger partial charge in [0.15, 0.2) is 4.45 Å². The summed E-state index contributed by atoms with van der Waals surface area (Å²) in [6, 6.07) is 8.99. The highest BCUT2D eigenvalue weighted by molar-refractivity contribution is 9.25. The maximum absolute atomic E-state index is 11.0. The van der Waals surface area contributed by atoms with Crippen LogP contribution in [0.25, 0.3) is 0 Å². The molecule has 15 heavy (non-hydrogen) atoms. The predicted molar refractivity (Wildman–Crippen MR) is 69.5 cm³/mol. The number of halogens is 3. The summed E-state index contributed by atoms with van der Waals surface area (Å²) in [5.74, 6) is -1.17. The van der Waals surface area contributed by atoms with Gasteiger partial charge in [0, 0.05) is 0 Å². The van der Waals surface area contributed by atoms with Gasteiger partial charge >= 0.3 is 5.97 Å². The van der Waals surface area contributed by atoms with E-state index >= 15 is 0 Å². The second kappa shape index (κ2) is 4.53. The van der Waals surface area contributed by atoms with Crippen LogP contribution in [0.4, 0.5) is 0 Å². The molecule has 0 aliphatic rings. The number of carboxylic acid groups (broad SMARTS) is 1. The second-order valence-corrected chi connectivity index (χ2v) is 7.65. The van der Waals surface area contributed by atoms with E-state index in [1.54, 1.807) is 24.3 Å². The Morgan fingerprint density at radius 1 is 1.20 bits per heavy atom. The molecule has 0 saturated heterocycles. The lowest BCUT2D eigenvalue weighted by Crippen LogP contribution is -2.53. The zero-order valence-electron chi connectivity index (χ0n) is 7.45. The van der Waals surface area contributed by atoms with Crippen LogP contribution in [0, 0.1) is 0 Å². The standard InChI is InChI=1S/C9H8Br3NO2/c10-8(11,9(12,13)7(14)15)6-4-2-1-3-5-6/h1-5H,13H2,(H,14,15)/t9-/m1/s1. The molecule has 1 aromatic carbocycles. The Bertz CT molecular complexity index is 365. The SMILES string of the molecule is N[C@](Br)(C(=O)O)C(Br)(Br)c1ccccc1. The zero-order chi connectivity index (χ0) is 11.7. The van der Waals surface area contributed by atoms with Gasteiger partial charge in [-0.1, -0.05) is 78.1 Å². The smallest absolute Gasteiger partial charge is 0.337 e.